The molecular formula is C16H23NO. The van der Waals surface area contributed by atoms with Gasteiger partial charge in [0.15, 0.2) is 0 Å². The molecule has 1 saturated carbocycles. The van der Waals surface area contributed by atoms with Crippen LogP contribution in [0.1, 0.15) is 39.2 Å². The lowest BCUT2D eigenvalue weighted by molar-refractivity contribution is -0.140. The maximum Gasteiger partial charge on any atom is 0.228 e. The Bertz CT molecular complexity index is 401. The highest BCUT2D eigenvalue weighted by molar-refractivity contribution is 5.81. The van der Waals surface area contributed by atoms with Crippen molar-refractivity contribution in [2.75, 3.05) is 6.54 Å². The Balaban J connectivity index is 2.07. The molecule has 0 spiro atoms. The number of carbonyl (C=O) groups excluding carboxylic acids is 1. The van der Waals surface area contributed by atoms with Gasteiger partial charge in [0, 0.05) is 18.5 Å². The first kappa shape index (κ1) is 13.1. The molecule has 1 aromatic rings. The van der Waals surface area contributed by atoms with E-state index in [0.717, 1.165) is 19.0 Å². The monoisotopic (exact) mass is 245 g/mol. The highest BCUT2D eigenvalue weighted by atomic mass is 16.2. The molecule has 0 unspecified atom stereocenters. The molecule has 0 bridgehead atoms. The molecule has 18 heavy (non-hydrogen) atoms. The van der Waals surface area contributed by atoms with E-state index in [9.17, 15) is 4.79 Å². The molecule has 0 heterocycles. The second-order valence-corrected chi connectivity index (χ2v) is 6.36. The summed E-state index contributed by atoms with van der Waals surface area (Å²) in [6.07, 6.45) is 2.56. The minimum atomic E-state index is -0.288. The molecule has 1 amide bonds. The van der Waals surface area contributed by atoms with Gasteiger partial charge in [0.1, 0.15) is 0 Å². The molecule has 0 N–H and O–H groups in total. The van der Waals surface area contributed by atoms with Crippen LogP contribution in [0.2, 0.25) is 0 Å². The van der Waals surface area contributed by atoms with Crippen LogP contribution in [0, 0.1) is 11.3 Å². The lowest BCUT2D eigenvalue weighted by atomic mass is 9.94. The van der Waals surface area contributed by atoms with Gasteiger partial charge in [-0.15, -0.1) is 0 Å². The second kappa shape index (κ2) is 5.13. The summed E-state index contributed by atoms with van der Waals surface area (Å²) in [4.78, 5) is 14.5. The van der Waals surface area contributed by atoms with Crippen molar-refractivity contribution in [3.05, 3.63) is 35.9 Å². The fourth-order valence-corrected chi connectivity index (χ4v) is 2.11. The summed E-state index contributed by atoms with van der Waals surface area (Å²) in [7, 11) is 0. The van der Waals surface area contributed by atoms with Crippen LogP contribution in [0.5, 0.6) is 0 Å². The summed E-state index contributed by atoms with van der Waals surface area (Å²) in [5, 5.41) is 0. The van der Waals surface area contributed by atoms with Crippen LogP contribution in [0.25, 0.3) is 0 Å². The van der Waals surface area contributed by atoms with Crippen LogP contribution in [-0.4, -0.2) is 17.4 Å². The van der Waals surface area contributed by atoms with E-state index in [1.165, 1.54) is 18.4 Å². The van der Waals surface area contributed by atoms with Crippen LogP contribution >= 0.6 is 0 Å². The van der Waals surface area contributed by atoms with Crippen molar-refractivity contribution in [3.63, 3.8) is 0 Å². The topological polar surface area (TPSA) is 20.3 Å². The number of amides is 1. The summed E-state index contributed by atoms with van der Waals surface area (Å²) in [5.41, 5.74) is 0.930. The van der Waals surface area contributed by atoms with E-state index in [1.807, 2.05) is 43.9 Å². The van der Waals surface area contributed by atoms with Crippen LogP contribution in [0.4, 0.5) is 0 Å². The maximum atomic E-state index is 12.5. The number of nitrogens with zero attached hydrogens (tertiary/aromatic N) is 1. The Labute approximate surface area is 110 Å². The van der Waals surface area contributed by atoms with E-state index in [-0.39, 0.29) is 11.3 Å². The third kappa shape index (κ3) is 3.59. The smallest absolute Gasteiger partial charge is 0.228 e. The van der Waals surface area contributed by atoms with E-state index < -0.39 is 0 Å². The van der Waals surface area contributed by atoms with Crippen molar-refractivity contribution < 1.29 is 4.79 Å². The lowest BCUT2D eigenvalue weighted by Gasteiger charge is -2.29. The van der Waals surface area contributed by atoms with Gasteiger partial charge in [0.2, 0.25) is 5.91 Å². The molecule has 2 nitrogen and oxygen atoms in total. The zero-order valence-corrected chi connectivity index (χ0v) is 11.6. The molecule has 0 radical (unpaired) electrons. The van der Waals surface area contributed by atoms with E-state index >= 15 is 0 Å². The third-order valence-corrected chi connectivity index (χ3v) is 3.32. The van der Waals surface area contributed by atoms with Gasteiger partial charge in [-0.25, -0.2) is 0 Å². The van der Waals surface area contributed by atoms with Crippen molar-refractivity contribution in [3.8, 4) is 0 Å². The Hall–Kier alpha value is -1.31. The highest BCUT2D eigenvalue weighted by Crippen LogP contribution is 2.31. The minimum absolute atomic E-state index is 0.262. The van der Waals surface area contributed by atoms with Crippen molar-refractivity contribution in [1.82, 2.24) is 4.90 Å². The summed E-state index contributed by atoms with van der Waals surface area (Å²) in [6, 6.07) is 10.3. The van der Waals surface area contributed by atoms with Crippen LogP contribution in [-0.2, 0) is 11.3 Å². The maximum absolute atomic E-state index is 12.5. The molecule has 2 rings (SSSR count). The van der Waals surface area contributed by atoms with E-state index in [0.29, 0.717) is 0 Å². The number of hydrogen-bond acceptors (Lipinski definition) is 1. The SMILES string of the molecule is CC(C)(C)C(=O)N(Cc1ccccc1)CC1CC1. The average Bonchev–Trinajstić information content (AvgIpc) is 3.11. The van der Waals surface area contributed by atoms with Gasteiger partial charge in [-0.3, -0.25) is 4.79 Å². The van der Waals surface area contributed by atoms with Gasteiger partial charge in [-0.1, -0.05) is 51.1 Å². The van der Waals surface area contributed by atoms with Gasteiger partial charge in [0.25, 0.3) is 0 Å². The number of hydrogen-bond donors (Lipinski definition) is 0. The summed E-state index contributed by atoms with van der Waals surface area (Å²) < 4.78 is 0. The molecular weight excluding hydrogens is 222 g/mol. The molecule has 1 fully saturated rings. The molecule has 2 heteroatoms. The van der Waals surface area contributed by atoms with E-state index in [4.69, 9.17) is 0 Å². The van der Waals surface area contributed by atoms with Gasteiger partial charge in [-0.05, 0) is 24.3 Å². The van der Waals surface area contributed by atoms with Gasteiger partial charge in [0.05, 0.1) is 0 Å². The first-order valence-electron chi connectivity index (χ1n) is 6.80. The first-order valence-corrected chi connectivity index (χ1v) is 6.80. The summed E-state index contributed by atoms with van der Waals surface area (Å²) >= 11 is 0. The first-order chi connectivity index (χ1) is 8.47. The zero-order valence-electron chi connectivity index (χ0n) is 11.6. The van der Waals surface area contributed by atoms with Gasteiger partial charge < -0.3 is 4.90 Å². The standard InChI is InChI=1S/C16H23NO/c1-16(2,3)15(18)17(12-14-9-10-14)11-13-7-5-4-6-8-13/h4-8,14H,9-12H2,1-3H3. The fraction of sp³-hybridized carbons (Fsp3) is 0.562. The fourth-order valence-electron chi connectivity index (χ4n) is 2.11. The Kier molecular flexibility index (Phi) is 3.74. The number of carbonyl (C=O) groups is 1. The van der Waals surface area contributed by atoms with Gasteiger partial charge >= 0.3 is 0 Å². The normalized spacial score (nSPS) is 15.5. The second-order valence-electron chi connectivity index (χ2n) is 6.36. The van der Waals surface area contributed by atoms with Crippen molar-refractivity contribution in [2.45, 2.75) is 40.2 Å². The van der Waals surface area contributed by atoms with Crippen LogP contribution < -0.4 is 0 Å². The quantitative estimate of drug-likeness (QED) is 0.795. The molecule has 0 saturated heterocycles. The molecule has 0 aromatic heterocycles. The molecule has 98 valence electrons. The van der Waals surface area contributed by atoms with Crippen molar-refractivity contribution in [1.29, 1.82) is 0 Å². The Morgan fingerprint density at radius 2 is 1.83 bits per heavy atom. The van der Waals surface area contributed by atoms with Crippen LogP contribution in [0.3, 0.4) is 0 Å². The molecule has 0 atom stereocenters. The predicted molar refractivity (Wildman–Crippen MR) is 74.0 cm³/mol. The van der Waals surface area contributed by atoms with E-state index in [1.54, 1.807) is 0 Å². The molecule has 0 aliphatic heterocycles. The summed E-state index contributed by atoms with van der Waals surface area (Å²) in [6.45, 7) is 7.67. The largest absolute Gasteiger partial charge is 0.338 e. The lowest BCUT2D eigenvalue weighted by Crippen LogP contribution is -2.40. The minimum Gasteiger partial charge on any atom is -0.338 e. The third-order valence-electron chi connectivity index (χ3n) is 3.32. The van der Waals surface area contributed by atoms with Crippen LogP contribution in [0.15, 0.2) is 30.3 Å². The Morgan fingerprint density at radius 1 is 1.22 bits per heavy atom. The average molecular weight is 245 g/mol. The molecule has 1 aliphatic carbocycles. The van der Waals surface area contributed by atoms with E-state index in [2.05, 4.69) is 12.1 Å². The van der Waals surface area contributed by atoms with Gasteiger partial charge in [-0.2, -0.15) is 0 Å². The summed E-state index contributed by atoms with van der Waals surface area (Å²) in [5.74, 6) is 0.998. The zero-order chi connectivity index (χ0) is 13.2. The Morgan fingerprint density at radius 3 is 2.33 bits per heavy atom. The van der Waals surface area contributed by atoms with Crippen molar-refractivity contribution >= 4 is 5.91 Å². The number of benzene rings is 1. The highest BCUT2D eigenvalue weighted by Gasteiger charge is 2.32. The van der Waals surface area contributed by atoms with Crippen molar-refractivity contribution in [2.24, 2.45) is 11.3 Å². The molecule has 1 aromatic carbocycles. The predicted octanol–water partition coefficient (Wildman–Crippen LogP) is 3.47. The molecule has 1 aliphatic rings. The number of rotatable bonds is 4.